The fourth-order valence-electron chi connectivity index (χ4n) is 1.44. The molecule has 0 heterocycles. The van der Waals surface area contributed by atoms with Crippen LogP contribution >= 0.6 is 0 Å². The van der Waals surface area contributed by atoms with Crippen molar-refractivity contribution in [3.8, 4) is 0 Å². The highest BCUT2D eigenvalue weighted by atomic mass is 19.1. The van der Waals surface area contributed by atoms with E-state index in [2.05, 4.69) is 0 Å². The molecule has 0 radical (unpaired) electrons. The molecule has 0 amide bonds. The van der Waals surface area contributed by atoms with Gasteiger partial charge in [-0.25, -0.2) is 8.78 Å². The van der Waals surface area contributed by atoms with E-state index in [0.29, 0.717) is 17.5 Å². The van der Waals surface area contributed by atoms with Gasteiger partial charge < -0.3 is 5.73 Å². The first-order valence-electron chi connectivity index (χ1n) is 4.29. The standard InChI is InChI=1S/C10H13F2N/c1-3-7-4-8(11)5-9(12)10(7)6(2)13/h4-6H,3,13H2,1-2H3. The van der Waals surface area contributed by atoms with Crippen molar-refractivity contribution in [1.29, 1.82) is 0 Å². The number of aryl methyl sites for hydroxylation is 1. The highest BCUT2D eigenvalue weighted by Gasteiger charge is 2.13. The summed E-state index contributed by atoms with van der Waals surface area (Å²) in [5, 5.41) is 0. The van der Waals surface area contributed by atoms with Crippen molar-refractivity contribution in [3.05, 3.63) is 34.9 Å². The van der Waals surface area contributed by atoms with Crippen LogP contribution in [-0.2, 0) is 6.42 Å². The number of halogens is 2. The van der Waals surface area contributed by atoms with Crippen LogP contribution in [0.25, 0.3) is 0 Å². The van der Waals surface area contributed by atoms with Crippen molar-refractivity contribution in [2.24, 2.45) is 5.73 Å². The number of hydrogen-bond donors (Lipinski definition) is 1. The summed E-state index contributed by atoms with van der Waals surface area (Å²) in [5.41, 5.74) is 6.64. The lowest BCUT2D eigenvalue weighted by molar-refractivity contribution is 0.557. The first-order valence-corrected chi connectivity index (χ1v) is 4.29. The average molecular weight is 185 g/mol. The van der Waals surface area contributed by atoms with Gasteiger partial charge in [-0.3, -0.25) is 0 Å². The Hall–Kier alpha value is -0.960. The maximum Gasteiger partial charge on any atom is 0.131 e. The first kappa shape index (κ1) is 10.1. The van der Waals surface area contributed by atoms with Crippen LogP contribution in [0.5, 0.6) is 0 Å². The van der Waals surface area contributed by atoms with Gasteiger partial charge in [-0.05, 0) is 25.0 Å². The highest BCUT2D eigenvalue weighted by Crippen LogP contribution is 2.21. The van der Waals surface area contributed by atoms with Crippen LogP contribution in [0.3, 0.4) is 0 Å². The third-order valence-electron chi connectivity index (χ3n) is 2.02. The Morgan fingerprint density at radius 2 is 2.00 bits per heavy atom. The van der Waals surface area contributed by atoms with Crippen molar-refractivity contribution < 1.29 is 8.78 Å². The van der Waals surface area contributed by atoms with E-state index in [0.717, 1.165) is 6.07 Å². The molecule has 13 heavy (non-hydrogen) atoms. The first-order chi connectivity index (χ1) is 6.06. The Balaban J connectivity index is 3.30. The van der Waals surface area contributed by atoms with Crippen LogP contribution < -0.4 is 5.73 Å². The molecule has 1 atom stereocenters. The summed E-state index contributed by atoms with van der Waals surface area (Å²) in [6.45, 7) is 3.54. The topological polar surface area (TPSA) is 26.0 Å². The molecule has 72 valence electrons. The largest absolute Gasteiger partial charge is 0.324 e. The second-order valence-corrected chi connectivity index (χ2v) is 3.10. The highest BCUT2D eigenvalue weighted by molar-refractivity contribution is 5.31. The summed E-state index contributed by atoms with van der Waals surface area (Å²) in [7, 11) is 0. The van der Waals surface area contributed by atoms with Gasteiger partial charge in [0, 0.05) is 17.7 Å². The van der Waals surface area contributed by atoms with Gasteiger partial charge in [0.05, 0.1) is 0 Å². The van der Waals surface area contributed by atoms with Gasteiger partial charge in [-0.2, -0.15) is 0 Å². The van der Waals surface area contributed by atoms with Crippen LogP contribution in [-0.4, -0.2) is 0 Å². The average Bonchev–Trinajstić information content (AvgIpc) is 2.01. The summed E-state index contributed by atoms with van der Waals surface area (Å²) in [6, 6.07) is 1.81. The van der Waals surface area contributed by atoms with Crippen LogP contribution in [0.2, 0.25) is 0 Å². The molecular weight excluding hydrogens is 172 g/mol. The van der Waals surface area contributed by atoms with E-state index in [1.54, 1.807) is 6.92 Å². The van der Waals surface area contributed by atoms with E-state index in [1.807, 2.05) is 6.92 Å². The van der Waals surface area contributed by atoms with Gasteiger partial charge in [0.15, 0.2) is 0 Å². The van der Waals surface area contributed by atoms with Crippen molar-refractivity contribution in [3.63, 3.8) is 0 Å². The number of benzene rings is 1. The number of nitrogens with two attached hydrogens (primary N) is 1. The van der Waals surface area contributed by atoms with Gasteiger partial charge in [0.25, 0.3) is 0 Å². The van der Waals surface area contributed by atoms with E-state index < -0.39 is 17.7 Å². The second-order valence-electron chi connectivity index (χ2n) is 3.10. The Morgan fingerprint density at radius 3 is 2.46 bits per heavy atom. The van der Waals surface area contributed by atoms with Crippen molar-refractivity contribution in [2.75, 3.05) is 0 Å². The second kappa shape index (κ2) is 3.83. The zero-order valence-corrected chi connectivity index (χ0v) is 7.77. The third-order valence-corrected chi connectivity index (χ3v) is 2.02. The van der Waals surface area contributed by atoms with Crippen LogP contribution in [0.4, 0.5) is 8.78 Å². The number of hydrogen-bond acceptors (Lipinski definition) is 1. The molecule has 0 aliphatic rings. The summed E-state index contributed by atoms with van der Waals surface area (Å²) >= 11 is 0. The van der Waals surface area contributed by atoms with Gasteiger partial charge in [-0.15, -0.1) is 0 Å². The van der Waals surface area contributed by atoms with E-state index >= 15 is 0 Å². The van der Waals surface area contributed by atoms with E-state index in [1.165, 1.54) is 6.07 Å². The molecule has 0 aliphatic carbocycles. The van der Waals surface area contributed by atoms with Crippen LogP contribution in [0.1, 0.15) is 31.0 Å². The van der Waals surface area contributed by atoms with Crippen molar-refractivity contribution >= 4 is 0 Å². The van der Waals surface area contributed by atoms with Crippen molar-refractivity contribution in [1.82, 2.24) is 0 Å². The van der Waals surface area contributed by atoms with Gasteiger partial charge in [0.1, 0.15) is 11.6 Å². The molecule has 1 aromatic rings. The van der Waals surface area contributed by atoms with Crippen LogP contribution in [0, 0.1) is 11.6 Å². The minimum absolute atomic E-state index is 0.393. The van der Waals surface area contributed by atoms with Crippen LogP contribution in [0.15, 0.2) is 12.1 Å². The molecule has 0 saturated heterocycles. The zero-order valence-electron chi connectivity index (χ0n) is 7.77. The smallest absolute Gasteiger partial charge is 0.131 e. The molecular formula is C10H13F2N. The molecule has 0 saturated carbocycles. The normalized spacial score (nSPS) is 13.0. The predicted molar refractivity (Wildman–Crippen MR) is 48.3 cm³/mol. The monoisotopic (exact) mass is 185 g/mol. The van der Waals surface area contributed by atoms with Crippen molar-refractivity contribution in [2.45, 2.75) is 26.3 Å². The molecule has 1 rings (SSSR count). The Labute approximate surface area is 76.6 Å². The van der Waals surface area contributed by atoms with E-state index in [9.17, 15) is 8.78 Å². The summed E-state index contributed by atoms with van der Waals surface area (Å²) in [6.07, 6.45) is 0.589. The molecule has 2 N–H and O–H groups in total. The van der Waals surface area contributed by atoms with Gasteiger partial charge >= 0.3 is 0 Å². The lowest BCUT2D eigenvalue weighted by Gasteiger charge is -2.12. The quantitative estimate of drug-likeness (QED) is 0.752. The fourth-order valence-corrected chi connectivity index (χ4v) is 1.44. The molecule has 1 aromatic carbocycles. The fraction of sp³-hybridized carbons (Fsp3) is 0.400. The minimum Gasteiger partial charge on any atom is -0.324 e. The summed E-state index contributed by atoms with van der Waals surface area (Å²) in [5.74, 6) is -1.09. The molecule has 0 fully saturated rings. The van der Waals surface area contributed by atoms with E-state index in [4.69, 9.17) is 5.73 Å². The predicted octanol–water partition coefficient (Wildman–Crippen LogP) is 2.55. The lowest BCUT2D eigenvalue weighted by atomic mass is 9.99. The molecule has 0 aliphatic heterocycles. The Kier molecular flexibility index (Phi) is 2.98. The maximum atomic E-state index is 13.2. The molecule has 0 bridgehead atoms. The molecule has 1 unspecified atom stereocenters. The molecule has 3 heteroatoms. The summed E-state index contributed by atoms with van der Waals surface area (Å²) < 4.78 is 26.0. The molecule has 1 nitrogen and oxygen atoms in total. The van der Waals surface area contributed by atoms with Gasteiger partial charge in [0.2, 0.25) is 0 Å². The minimum atomic E-state index is -0.549. The maximum absolute atomic E-state index is 13.2. The summed E-state index contributed by atoms with van der Waals surface area (Å²) in [4.78, 5) is 0. The van der Waals surface area contributed by atoms with E-state index in [-0.39, 0.29) is 0 Å². The molecule has 0 aromatic heterocycles. The Morgan fingerprint density at radius 1 is 1.38 bits per heavy atom. The Bertz CT molecular complexity index is 308. The lowest BCUT2D eigenvalue weighted by Crippen LogP contribution is -2.11. The third kappa shape index (κ3) is 2.04. The SMILES string of the molecule is CCc1cc(F)cc(F)c1C(C)N. The number of rotatable bonds is 2. The van der Waals surface area contributed by atoms with Gasteiger partial charge in [-0.1, -0.05) is 6.92 Å². The molecule has 0 spiro atoms. The zero-order chi connectivity index (χ0) is 10.0.